The average molecular weight is 191 g/mol. The van der Waals surface area contributed by atoms with Crippen LogP contribution in [0.3, 0.4) is 0 Å². The standard InChI is InChI=1S/C5H9Cl2N.ClH/c1-3(8)4-2-5(4,6)7;/h3-4H,2,8H2,1H3;1H/t3-,4+;/m0./s1. The Labute approximate surface area is 71.3 Å². The zero-order valence-corrected chi connectivity index (χ0v) is 7.43. The SMILES string of the molecule is C[C@H](N)[C@H]1CC1(Cl)Cl.Cl. The second-order valence-electron chi connectivity index (χ2n) is 2.43. The van der Waals surface area contributed by atoms with Crippen LogP contribution >= 0.6 is 35.6 Å². The first kappa shape index (κ1) is 9.83. The van der Waals surface area contributed by atoms with Crippen LogP contribution < -0.4 is 5.73 Å². The summed E-state index contributed by atoms with van der Waals surface area (Å²) in [6, 6.07) is 0.144. The molecule has 2 atom stereocenters. The minimum Gasteiger partial charge on any atom is -0.328 e. The third-order valence-electron chi connectivity index (χ3n) is 1.51. The van der Waals surface area contributed by atoms with Crippen molar-refractivity contribution in [3.8, 4) is 0 Å². The predicted octanol–water partition coefficient (Wildman–Crippen LogP) is 1.95. The lowest BCUT2D eigenvalue weighted by Crippen LogP contribution is -2.20. The van der Waals surface area contributed by atoms with Crippen molar-refractivity contribution in [2.45, 2.75) is 23.7 Å². The summed E-state index contributed by atoms with van der Waals surface area (Å²) in [5.41, 5.74) is 5.50. The third-order valence-corrected chi connectivity index (χ3v) is 2.38. The van der Waals surface area contributed by atoms with Gasteiger partial charge in [0.2, 0.25) is 0 Å². The fourth-order valence-electron chi connectivity index (χ4n) is 0.805. The quantitative estimate of drug-likeness (QED) is 0.629. The van der Waals surface area contributed by atoms with Crippen molar-refractivity contribution in [2.24, 2.45) is 11.7 Å². The molecular formula is C5H10Cl3N. The third kappa shape index (κ3) is 2.15. The maximum absolute atomic E-state index is 5.69. The molecule has 0 saturated heterocycles. The molecule has 9 heavy (non-hydrogen) atoms. The molecule has 0 amide bonds. The van der Waals surface area contributed by atoms with Gasteiger partial charge in [-0.1, -0.05) is 0 Å². The van der Waals surface area contributed by atoms with E-state index in [1.165, 1.54) is 0 Å². The minimum absolute atomic E-state index is 0. The molecule has 0 aromatic rings. The summed E-state index contributed by atoms with van der Waals surface area (Å²) >= 11 is 11.4. The average Bonchev–Trinajstić information content (AvgIpc) is 2.13. The van der Waals surface area contributed by atoms with Gasteiger partial charge in [-0.3, -0.25) is 0 Å². The van der Waals surface area contributed by atoms with Crippen LogP contribution in [0.25, 0.3) is 0 Å². The summed E-state index contributed by atoms with van der Waals surface area (Å²) in [4.78, 5) is 0. The fourth-order valence-corrected chi connectivity index (χ4v) is 1.53. The highest BCUT2D eigenvalue weighted by atomic mass is 35.5. The van der Waals surface area contributed by atoms with Crippen molar-refractivity contribution < 1.29 is 0 Å². The Hall–Kier alpha value is 0.830. The van der Waals surface area contributed by atoms with E-state index in [1.54, 1.807) is 0 Å². The maximum atomic E-state index is 5.69. The summed E-state index contributed by atoms with van der Waals surface area (Å²) in [5, 5.41) is 0. The molecule has 0 aromatic heterocycles. The molecule has 0 aliphatic heterocycles. The molecule has 0 heterocycles. The number of rotatable bonds is 1. The van der Waals surface area contributed by atoms with Crippen LogP contribution in [-0.2, 0) is 0 Å². The summed E-state index contributed by atoms with van der Waals surface area (Å²) in [6.07, 6.45) is 0.855. The number of halogens is 3. The maximum Gasteiger partial charge on any atom is 0.123 e. The van der Waals surface area contributed by atoms with Crippen LogP contribution in [0.1, 0.15) is 13.3 Å². The number of hydrogen-bond acceptors (Lipinski definition) is 1. The molecule has 1 nitrogen and oxygen atoms in total. The highest BCUT2D eigenvalue weighted by molar-refractivity contribution is 6.50. The normalized spacial score (nSPS) is 32.7. The van der Waals surface area contributed by atoms with E-state index in [2.05, 4.69) is 0 Å². The van der Waals surface area contributed by atoms with E-state index >= 15 is 0 Å². The summed E-state index contributed by atoms with van der Waals surface area (Å²) in [7, 11) is 0. The molecule has 56 valence electrons. The van der Waals surface area contributed by atoms with Crippen molar-refractivity contribution in [3.05, 3.63) is 0 Å². The largest absolute Gasteiger partial charge is 0.328 e. The molecule has 1 aliphatic rings. The Bertz CT molecular complexity index is 102. The molecule has 0 spiro atoms. The Morgan fingerprint density at radius 2 is 2.00 bits per heavy atom. The van der Waals surface area contributed by atoms with Crippen LogP contribution in [0.15, 0.2) is 0 Å². The Morgan fingerprint density at radius 3 is 2.00 bits per heavy atom. The molecule has 1 rings (SSSR count). The second kappa shape index (κ2) is 2.83. The highest BCUT2D eigenvalue weighted by Gasteiger charge is 2.53. The zero-order valence-electron chi connectivity index (χ0n) is 5.10. The second-order valence-corrected chi connectivity index (χ2v) is 3.97. The van der Waals surface area contributed by atoms with Crippen LogP contribution in [0.4, 0.5) is 0 Å². The first-order valence-corrected chi connectivity index (χ1v) is 3.43. The van der Waals surface area contributed by atoms with Crippen molar-refractivity contribution in [1.82, 2.24) is 0 Å². The van der Waals surface area contributed by atoms with Crippen molar-refractivity contribution in [1.29, 1.82) is 0 Å². The monoisotopic (exact) mass is 189 g/mol. The van der Waals surface area contributed by atoms with E-state index < -0.39 is 4.33 Å². The molecule has 0 radical (unpaired) electrons. The molecule has 4 heteroatoms. The van der Waals surface area contributed by atoms with Gasteiger partial charge < -0.3 is 5.73 Å². The lowest BCUT2D eigenvalue weighted by molar-refractivity contribution is 0.643. The van der Waals surface area contributed by atoms with Gasteiger partial charge in [-0.15, -0.1) is 35.6 Å². The molecule has 0 bridgehead atoms. The number of hydrogen-bond donors (Lipinski definition) is 1. The van der Waals surface area contributed by atoms with Gasteiger partial charge in [0.25, 0.3) is 0 Å². The fraction of sp³-hybridized carbons (Fsp3) is 1.00. The van der Waals surface area contributed by atoms with Crippen molar-refractivity contribution in [3.63, 3.8) is 0 Å². The van der Waals surface area contributed by atoms with Gasteiger partial charge in [0.1, 0.15) is 4.33 Å². The first-order chi connectivity index (χ1) is 3.54. The Morgan fingerprint density at radius 1 is 1.67 bits per heavy atom. The molecule has 1 fully saturated rings. The highest BCUT2D eigenvalue weighted by Crippen LogP contribution is 2.54. The van der Waals surface area contributed by atoms with Crippen LogP contribution in [-0.4, -0.2) is 10.4 Å². The van der Waals surface area contributed by atoms with Crippen molar-refractivity contribution >= 4 is 35.6 Å². The Kier molecular flexibility index (Phi) is 3.09. The van der Waals surface area contributed by atoms with Gasteiger partial charge in [0.05, 0.1) is 0 Å². The van der Waals surface area contributed by atoms with E-state index in [1.807, 2.05) is 6.92 Å². The van der Waals surface area contributed by atoms with E-state index in [0.29, 0.717) is 5.92 Å². The van der Waals surface area contributed by atoms with E-state index in [-0.39, 0.29) is 18.4 Å². The lowest BCUT2D eigenvalue weighted by atomic mass is 10.2. The summed E-state index contributed by atoms with van der Waals surface area (Å²) < 4.78 is -0.492. The van der Waals surface area contributed by atoms with E-state index in [0.717, 1.165) is 6.42 Å². The number of alkyl halides is 2. The first-order valence-electron chi connectivity index (χ1n) is 2.67. The number of nitrogens with two attached hydrogens (primary N) is 1. The topological polar surface area (TPSA) is 26.0 Å². The van der Waals surface area contributed by atoms with Gasteiger partial charge in [-0.25, -0.2) is 0 Å². The van der Waals surface area contributed by atoms with Gasteiger partial charge >= 0.3 is 0 Å². The summed E-state index contributed by atoms with van der Waals surface area (Å²) in [5.74, 6) is 0.325. The zero-order chi connectivity index (χ0) is 6.36. The lowest BCUT2D eigenvalue weighted by Gasteiger charge is -2.01. The smallest absolute Gasteiger partial charge is 0.123 e. The molecule has 1 saturated carbocycles. The minimum atomic E-state index is -0.492. The Balaban J connectivity index is 0.000000640. The van der Waals surface area contributed by atoms with Crippen LogP contribution in [0, 0.1) is 5.92 Å². The molecule has 2 N–H and O–H groups in total. The summed E-state index contributed by atoms with van der Waals surface area (Å²) in [6.45, 7) is 1.93. The van der Waals surface area contributed by atoms with E-state index in [9.17, 15) is 0 Å². The van der Waals surface area contributed by atoms with Gasteiger partial charge in [0, 0.05) is 12.0 Å². The predicted molar refractivity (Wildman–Crippen MR) is 43.4 cm³/mol. The molecule has 0 aromatic carbocycles. The molecule has 0 unspecified atom stereocenters. The van der Waals surface area contributed by atoms with Crippen LogP contribution in [0.5, 0.6) is 0 Å². The van der Waals surface area contributed by atoms with Crippen LogP contribution in [0.2, 0.25) is 0 Å². The van der Waals surface area contributed by atoms with E-state index in [4.69, 9.17) is 28.9 Å². The molecular weight excluding hydrogens is 180 g/mol. The van der Waals surface area contributed by atoms with Gasteiger partial charge in [-0.2, -0.15) is 0 Å². The molecule has 1 aliphatic carbocycles. The van der Waals surface area contributed by atoms with Gasteiger partial charge in [0.15, 0.2) is 0 Å². The van der Waals surface area contributed by atoms with Crippen molar-refractivity contribution in [2.75, 3.05) is 0 Å². The van der Waals surface area contributed by atoms with Gasteiger partial charge in [-0.05, 0) is 13.3 Å².